The minimum atomic E-state index is -0.261. The molecule has 1 aromatic rings. The van der Waals surface area contributed by atoms with Gasteiger partial charge >= 0.3 is 0 Å². The maximum absolute atomic E-state index is 9.39. The van der Waals surface area contributed by atoms with Crippen LogP contribution in [0.3, 0.4) is 0 Å². The molecule has 0 aromatic heterocycles. The Morgan fingerprint density at radius 1 is 1.38 bits per heavy atom. The molecule has 0 amide bonds. The highest BCUT2D eigenvalue weighted by molar-refractivity contribution is 5.33. The number of phenols is 1. The monoisotopic (exact) mass is 216 g/mol. The van der Waals surface area contributed by atoms with Gasteiger partial charge in [0.05, 0.1) is 0 Å². The van der Waals surface area contributed by atoms with Crippen LogP contribution < -0.4 is 4.74 Å². The SMILES string of the molecule is CCC1(Oc2cccc(O)c2)C=CC=CC1. The van der Waals surface area contributed by atoms with E-state index in [1.165, 1.54) is 0 Å². The molecule has 84 valence electrons. The van der Waals surface area contributed by atoms with Gasteiger partial charge in [-0.05, 0) is 24.6 Å². The van der Waals surface area contributed by atoms with E-state index < -0.39 is 0 Å². The lowest BCUT2D eigenvalue weighted by atomic mass is 9.92. The van der Waals surface area contributed by atoms with Crippen LogP contribution in [0, 0.1) is 0 Å². The van der Waals surface area contributed by atoms with Gasteiger partial charge in [-0.1, -0.05) is 31.2 Å². The molecule has 1 aliphatic carbocycles. The minimum Gasteiger partial charge on any atom is -0.508 e. The Bertz CT molecular complexity index is 420. The number of allylic oxidation sites excluding steroid dienone is 2. The topological polar surface area (TPSA) is 29.5 Å². The van der Waals surface area contributed by atoms with Gasteiger partial charge in [0.1, 0.15) is 17.1 Å². The van der Waals surface area contributed by atoms with E-state index in [-0.39, 0.29) is 11.4 Å². The quantitative estimate of drug-likeness (QED) is 0.838. The number of benzene rings is 1. The Hall–Kier alpha value is -1.70. The first-order valence-corrected chi connectivity index (χ1v) is 5.56. The van der Waals surface area contributed by atoms with Gasteiger partial charge in [0.15, 0.2) is 0 Å². The summed E-state index contributed by atoms with van der Waals surface area (Å²) in [6.45, 7) is 2.10. The first-order valence-electron chi connectivity index (χ1n) is 5.56. The maximum atomic E-state index is 9.39. The summed E-state index contributed by atoms with van der Waals surface area (Å²) < 4.78 is 5.97. The zero-order valence-corrected chi connectivity index (χ0v) is 9.39. The van der Waals surface area contributed by atoms with Crippen molar-refractivity contribution in [1.29, 1.82) is 0 Å². The summed E-state index contributed by atoms with van der Waals surface area (Å²) in [5.41, 5.74) is -0.261. The van der Waals surface area contributed by atoms with Crippen LogP contribution in [-0.2, 0) is 0 Å². The molecular formula is C14H16O2. The van der Waals surface area contributed by atoms with Gasteiger partial charge in [0, 0.05) is 12.5 Å². The molecule has 16 heavy (non-hydrogen) atoms. The van der Waals surface area contributed by atoms with Crippen molar-refractivity contribution in [3.05, 3.63) is 48.6 Å². The van der Waals surface area contributed by atoms with Gasteiger partial charge in [-0.15, -0.1) is 0 Å². The van der Waals surface area contributed by atoms with Gasteiger partial charge in [0.2, 0.25) is 0 Å². The molecule has 1 aromatic carbocycles. The van der Waals surface area contributed by atoms with E-state index in [9.17, 15) is 5.11 Å². The molecule has 1 N–H and O–H groups in total. The first kappa shape index (κ1) is 10.8. The second-order valence-electron chi connectivity index (χ2n) is 4.01. The van der Waals surface area contributed by atoms with Crippen molar-refractivity contribution in [3.8, 4) is 11.5 Å². The predicted molar refractivity (Wildman–Crippen MR) is 64.7 cm³/mol. The predicted octanol–water partition coefficient (Wildman–Crippen LogP) is 3.44. The third-order valence-corrected chi connectivity index (χ3v) is 2.85. The second kappa shape index (κ2) is 4.44. The van der Waals surface area contributed by atoms with Crippen molar-refractivity contribution in [2.45, 2.75) is 25.4 Å². The molecule has 2 nitrogen and oxygen atoms in total. The van der Waals surface area contributed by atoms with Crippen LogP contribution >= 0.6 is 0 Å². The fraction of sp³-hybridized carbons (Fsp3) is 0.286. The third kappa shape index (κ3) is 2.27. The summed E-state index contributed by atoms with van der Waals surface area (Å²) >= 11 is 0. The molecule has 1 aliphatic rings. The lowest BCUT2D eigenvalue weighted by Gasteiger charge is -2.31. The normalized spacial score (nSPS) is 23.3. The molecule has 0 aliphatic heterocycles. The number of hydrogen-bond acceptors (Lipinski definition) is 2. The Kier molecular flexibility index (Phi) is 3.00. The van der Waals surface area contributed by atoms with E-state index in [1.54, 1.807) is 18.2 Å². The molecule has 1 atom stereocenters. The highest BCUT2D eigenvalue weighted by atomic mass is 16.5. The van der Waals surface area contributed by atoms with Crippen LogP contribution in [-0.4, -0.2) is 10.7 Å². The molecule has 1 unspecified atom stereocenters. The van der Waals surface area contributed by atoms with Crippen molar-refractivity contribution < 1.29 is 9.84 Å². The third-order valence-electron chi connectivity index (χ3n) is 2.85. The first-order chi connectivity index (χ1) is 7.74. The lowest BCUT2D eigenvalue weighted by molar-refractivity contribution is 0.117. The van der Waals surface area contributed by atoms with E-state index >= 15 is 0 Å². The number of phenolic OH excluding ortho intramolecular Hbond substituents is 1. The Labute approximate surface area is 95.9 Å². The van der Waals surface area contributed by atoms with Gasteiger partial charge in [-0.3, -0.25) is 0 Å². The van der Waals surface area contributed by atoms with Crippen molar-refractivity contribution in [1.82, 2.24) is 0 Å². The molecule has 2 rings (SSSR count). The summed E-state index contributed by atoms with van der Waals surface area (Å²) in [6, 6.07) is 6.94. The lowest BCUT2D eigenvalue weighted by Crippen LogP contribution is -2.33. The zero-order chi connectivity index (χ0) is 11.4. The van der Waals surface area contributed by atoms with E-state index in [2.05, 4.69) is 19.1 Å². The smallest absolute Gasteiger partial charge is 0.131 e. The molecule has 0 fully saturated rings. The molecule has 0 saturated heterocycles. The Morgan fingerprint density at radius 2 is 2.25 bits per heavy atom. The molecule has 0 bridgehead atoms. The van der Waals surface area contributed by atoms with Crippen LogP contribution in [0.4, 0.5) is 0 Å². The Morgan fingerprint density at radius 3 is 2.88 bits per heavy atom. The largest absolute Gasteiger partial charge is 0.508 e. The average molecular weight is 216 g/mol. The Balaban J connectivity index is 2.19. The van der Waals surface area contributed by atoms with E-state index in [4.69, 9.17) is 4.74 Å². The summed E-state index contributed by atoms with van der Waals surface area (Å²) in [5.74, 6) is 0.945. The second-order valence-corrected chi connectivity index (χ2v) is 4.01. The molecule has 0 spiro atoms. The summed E-state index contributed by atoms with van der Waals surface area (Å²) in [5, 5.41) is 9.39. The highest BCUT2D eigenvalue weighted by Gasteiger charge is 2.27. The summed E-state index contributed by atoms with van der Waals surface area (Å²) in [4.78, 5) is 0. The number of rotatable bonds is 3. The zero-order valence-electron chi connectivity index (χ0n) is 9.39. The molecule has 0 radical (unpaired) electrons. The number of aromatic hydroxyl groups is 1. The standard InChI is InChI=1S/C14H16O2/c1-2-14(9-4-3-5-10-14)16-13-8-6-7-12(15)11-13/h3-9,11,15H,2,10H2,1H3. The number of ether oxygens (including phenoxy) is 1. The fourth-order valence-electron chi connectivity index (χ4n) is 1.84. The summed E-state index contributed by atoms with van der Waals surface area (Å²) in [6.07, 6.45) is 10.00. The van der Waals surface area contributed by atoms with Crippen LogP contribution in [0.25, 0.3) is 0 Å². The number of hydrogen-bond donors (Lipinski definition) is 1. The minimum absolute atomic E-state index is 0.235. The van der Waals surface area contributed by atoms with Crippen LogP contribution in [0.5, 0.6) is 11.5 Å². The van der Waals surface area contributed by atoms with Crippen molar-refractivity contribution in [2.24, 2.45) is 0 Å². The van der Waals surface area contributed by atoms with Gasteiger partial charge in [0.25, 0.3) is 0 Å². The maximum Gasteiger partial charge on any atom is 0.131 e. The highest BCUT2D eigenvalue weighted by Crippen LogP contribution is 2.30. The van der Waals surface area contributed by atoms with Gasteiger partial charge in [-0.25, -0.2) is 0 Å². The van der Waals surface area contributed by atoms with Gasteiger partial charge < -0.3 is 9.84 Å². The van der Waals surface area contributed by atoms with Crippen LogP contribution in [0.1, 0.15) is 19.8 Å². The van der Waals surface area contributed by atoms with Crippen molar-refractivity contribution in [3.63, 3.8) is 0 Å². The van der Waals surface area contributed by atoms with E-state index in [1.807, 2.05) is 18.2 Å². The average Bonchev–Trinajstić information content (AvgIpc) is 2.30. The van der Waals surface area contributed by atoms with E-state index in [0.29, 0.717) is 5.75 Å². The summed E-state index contributed by atoms with van der Waals surface area (Å²) in [7, 11) is 0. The molecule has 2 heteroatoms. The van der Waals surface area contributed by atoms with Crippen LogP contribution in [0.2, 0.25) is 0 Å². The molecular weight excluding hydrogens is 200 g/mol. The molecule has 0 heterocycles. The fourth-order valence-corrected chi connectivity index (χ4v) is 1.84. The van der Waals surface area contributed by atoms with Crippen molar-refractivity contribution >= 4 is 0 Å². The molecule has 0 saturated carbocycles. The van der Waals surface area contributed by atoms with Crippen LogP contribution in [0.15, 0.2) is 48.6 Å². The van der Waals surface area contributed by atoms with Gasteiger partial charge in [-0.2, -0.15) is 0 Å². The van der Waals surface area contributed by atoms with E-state index in [0.717, 1.165) is 12.8 Å². The van der Waals surface area contributed by atoms with Crippen molar-refractivity contribution in [2.75, 3.05) is 0 Å².